The fourth-order valence-corrected chi connectivity index (χ4v) is 2.49. The number of amides is 2. The molecule has 140 valence electrons. The van der Waals surface area contributed by atoms with Gasteiger partial charge in [0.15, 0.2) is 0 Å². The van der Waals surface area contributed by atoms with Crippen LogP contribution in [0.3, 0.4) is 0 Å². The summed E-state index contributed by atoms with van der Waals surface area (Å²) < 4.78 is 29.0. The number of hydrogen-bond acceptors (Lipinski definition) is 3. The van der Waals surface area contributed by atoms with Gasteiger partial charge >= 0.3 is 12.7 Å². The standard InChI is InChI=1S/C16H21ClF2N2O4/c1-16(2,3)21(15(23)24)12(9-25-14(18)19)13(22)20-8-10-5-4-6-11(17)7-10/h4-7,12,14H,8-9H2,1-3H3,(H,20,22)(H,23,24)/t12-/m1/s1. The third-order valence-corrected chi connectivity index (χ3v) is 3.51. The highest BCUT2D eigenvalue weighted by Crippen LogP contribution is 2.19. The van der Waals surface area contributed by atoms with E-state index < -0.39 is 36.8 Å². The van der Waals surface area contributed by atoms with Gasteiger partial charge < -0.3 is 15.2 Å². The zero-order valence-corrected chi connectivity index (χ0v) is 14.9. The van der Waals surface area contributed by atoms with Crippen LogP contribution in [0, 0.1) is 0 Å². The Bertz CT molecular complexity index is 608. The van der Waals surface area contributed by atoms with Gasteiger partial charge in [-0.2, -0.15) is 8.78 Å². The van der Waals surface area contributed by atoms with Gasteiger partial charge in [-0.05, 0) is 38.5 Å². The first kappa shape index (κ1) is 21.1. The zero-order valence-electron chi connectivity index (χ0n) is 14.1. The van der Waals surface area contributed by atoms with Crippen LogP contribution in [0.15, 0.2) is 24.3 Å². The van der Waals surface area contributed by atoms with E-state index in [2.05, 4.69) is 10.1 Å². The molecule has 1 atom stereocenters. The second-order valence-electron chi connectivity index (χ2n) is 6.28. The van der Waals surface area contributed by atoms with Crippen molar-refractivity contribution in [1.29, 1.82) is 0 Å². The van der Waals surface area contributed by atoms with E-state index in [-0.39, 0.29) is 6.54 Å². The number of alkyl halides is 2. The Balaban J connectivity index is 2.93. The van der Waals surface area contributed by atoms with E-state index in [0.717, 1.165) is 4.90 Å². The fraction of sp³-hybridized carbons (Fsp3) is 0.500. The van der Waals surface area contributed by atoms with Crippen molar-refractivity contribution in [2.45, 2.75) is 45.5 Å². The van der Waals surface area contributed by atoms with Gasteiger partial charge in [0.1, 0.15) is 6.04 Å². The maximum absolute atomic E-state index is 12.4. The number of halogens is 3. The fourth-order valence-electron chi connectivity index (χ4n) is 2.27. The van der Waals surface area contributed by atoms with Crippen molar-refractivity contribution in [2.75, 3.05) is 6.61 Å². The van der Waals surface area contributed by atoms with Crippen molar-refractivity contribution in [2.24, 2.45) is 0 Å². The molecule has 0 radical (unpaired) electrons. The lowest BCUT2D eigenvalue weighted by Crippen LogP contribution is -2.58. The van der Waals surface area contributed by atoms with Crippen LogP contribution in [-0.2, 0) is 16.1 Å². The van der Waals surface area contributed by atoms with Gasteiger partial charge in [-0.1, -0.05) is 23.7 Å². The Labute approximate surface area is 149 Å². The molecule has 6 nitrogen and oxygen atoms in total. The van der Waals surface area contributed by atoms with Gasteiger partial charge in [-0.25, -0.2) is 4.79 Å². The zero-order chi connectivity index (χ0) is 19.2. The topological polar surface area (TPSA) is 78.9 Å². The summed E-state index contributed by atoms with van der Waals surface area (Å²) in [4.78, 5) is 24.8. The summed E-state index contributed by atoms with van der Waals surface area (Å²) in [6.07, 6.45) is -1.41. The van der Waals surface area contributed by atoms with Gasteiger partial charge in [0.2, 0.25) is 5.91 Å². The summed E-state index contributed by atoms with van der Waals surface area (Å²) >= 11 is 5.86. The first-order valence-electron chi connectivity index (χ1n) is 7.46. The molecular weight excluding hydrogens is 358 g/mol. The quantitative estimate of drug-likeness (QED) is 0.762. The highest BCUT2D eigenvalue weighted by Gasteiger charge is 2.38. The molecule has 2 N–H and O–H groups in total. The van der Waals surface area contributed by atoms with Crippen molar-refractivity contribution in [3.8, 4) is 0 Å². The van der Waals surface area contributed by atoms with Crippen LogP contribution in [0.4, 0.5) is 13.6 Å². The predicted molar refractivity (Wildman–Crippen MR) is 88.7 cm³/mol. The number of nitrogens with zero attached hydrogens (tertiary/aromatic N) is 1. The number of carbonyl (C=O) groups excluding carboxylic acids is 1. The first-order valence-corrected chi connectivity index (χ1v) is 7.84. The highest BCUT2D eigenvalue weighted by atomic mass is 35.5. The van der Waals surface area contributed by atoms with Crippen molar-refractivity contribution in [3.05, 3.63) is 34.9 Å². The normalized spacial score (nSPS) is 12.8. The van der Waals surface area contributed by atoms with Crippen LogP contribution in [0.5, 0.6) is 0 Å². The number of carbonyl (C=O) groups is 2. The van der Waals surface area contributed by atoms with E-state index in [1.54, 1.807) is 45.0 Å². The van der Waals surface area contributed by atoms with E-state index in [4.69, 9.17) is 11.6 Å². The Morgan fingerprint density at radius 1 is 1.36 bits per heavy atom. The molecule has 0 heterocycles. The molecule has 9 heteroatoms. The average Bonchev–Trinajstić information content (AvgIpc) is 2.47. The maximum Gasteiger partial charge on any atom is 0.408 e. The summed E-state index contributed by atoms with van der Waals surface area (Å²) in [6.45, 7) is 0.867. The van der Waals surface area contributed by atoms with Crippen molar-refractivity contribution >= 4 is 23.6 Å². The van der Waals surface area contributed by atoms with E-state index in [1.165, 1.54) is 0 Å². The number of hydrogen-bond donors (Lipinski definition) is 2. The van der Waals surface area contributed by atoms with E-state index >= 15 is 0 Å². The molecule has 25 heavy (non-hydrogen) atoms. The molecule has 0 saturated heterocycles. The average molecular weight is 379 g/mol. The van der Waals surface area contributed by atoms with Gasteiger partial charge in [-0.3, -0.25) is 9.69 Å². The van der Waals surface area contributed by atoms with Gasteiger partial charge in [0.05, 0.1) is 6.61 Å². The minimum atomic E-state index is -3.11. The van der Waals surface area contributed by atoms with Crippen molar-refractivity contribution in [1.82, 2.24) is 10.2 Å². The van der Waals surface area contributed by atoms with Gasteiger partial charge in [0, 0.05) is 17.1 Å². The molecule has 0 aromatic heterocycles. The molecule has 0 fully saturated rings. The summed E-state index contributed by atoms with van der Waals surface area (Å²) in [5.41, 5.74) is -0.304. The Hall–Kier alpha value is -1.93. The minimum absolute atomic E-state index is 0.0716. The second-order valence-corrected chi connectivity index (χ2v) is 6.72. The van der Waals surface area contributed by atoms with Crippen LogP contribution in [-0.4, -0.2) is 46.8 Å². The largest absolute Gasteiger partial charge is 0.465 e. The van der Waals surface area contributed by atoms with Crippen LogP contribution in [0.2, 0.25) is 5.02 Å². The number of rotatable bonds is 7. The molecule has 0 bridgehead atoms. The number of ether oxygens (including phenoxy) is 1. The summed E-state index contributed by atoms with van der Waals surface area (Å²) in [5.74, 6) is -0.738. The minimum Gasteiger partial charge on any atom is -0.465 e. The van der Waals surface area contributed by atoms with E-state index in [9.17, 15) is 23.5 Å². The van der Waals surface area contributed by atoms with Crippen LogP contribution in [0.25, 0.3) is 0 Å². The number of nitrogens with one attached hydrogen (secondary N) is 1. The van der Waals surface area contributed by atoms with Crippen LogP contribution >= 0.6 is 11.6 Å². The molecule has 0 spiro atoms. The molecule has 1 rings (SSSR count). The second kappa shape index (κ2) is 8.96. The third-order valence-electron chi connectivity index (χ3n) is 3.28. The van der Waals surface area contributed by atoms with Crippen LogP contribution < -0.4 is 5.32 Å². The predicted octanol–water partition coefficient (Wildman–Crippen LogP) is 3.34. The van der Waals surface area contributed by atoms with E-state index in [1.807, 2.05) is 0 Å². The van der Waals surface area contributed by atoms with Crippen molar-refractivity contribution < 1.29 is 28.2 Å². The monoisotopic (exact) mass is 378 g/mol. The lowest BCUT2D eigenvalue weighted by Gasteiger charge is -2.38. The van der Waals surface area contributed by atoms with Crippen LogP contribution in [0.1, 0.15) is 26.3 Å². The molecule has 1 aromatic carbocycles. The van der Waals surface area contributed by atoms with E-state index in [0.29, 0.717) is 10.6 Å². The molecule has 0 saturated carbocycles. The number of carboxylic acid groups (broad SMARTS) is 1. The molecule has 0 aliphatic carbocycles. The molecule has 0 unspecified atom stereocenters. The smallest absolute Gasteiger partial charge is 0.408 e. The Morgan fingerprint density at radius 2 is 2.00 bits per heavy atom. The third kappa shape index (κ3) is 6.83. The summed E-state index contributed by atoms with van der Waals surface area (Å²) in [6, 6.07) is 5.28. The van der Waals surface area contributed by atoms with Gasteiger partial charge in [-0.15, -0.1) is 0 Å². The lowest BCUT2D eigenvalue weighted by atomic mass is 10.0. The highest BCUT2D eigenvalue weighted by molar-refractivity contribution is 6.30. The summed E-state index contributed by atoms with van der Waals surface area (Å²) in [7, 11) is 0. The Morgan fingerprint density at radius 3 is 2.48 bits per heavy atom. The summed E-state index contributed by atoms with van der Waals surface area (Å²) in [5, 5.41) is 12.4. The first-order chi connectivity index (χ1) is 11.5. The Kier molecular flexibility index (Phi) is 7.57. The van der Waals surface area contributed by atoms with Crippen molar-refractivity contribution in [3.63, 3.8) is 0 Å². The molecule has 1 aromatic rings. The van der Waals surface area contributed by atoms with Gasteiger partial charge in [0.25, 0.3) is 0 Å². The number of benzene rings is 1. The SMILES string of the molecule is CC(C)(C)N(C(=O)O)[C@H](COC(F)F)C(=O)NCc1cccc(Cl)c1. The molecular formula is C16H21ClF2N2O4. The maximum atomic E-state index is 12.4. The molecule has 2 amide bonds. The molecule has 0 aliphatic rings. The molecule has 0 aliphatic heterocycles. The lowest BCUT2D eigenvalue weighted by molar-refractivity contribution is -0.153.